The number of rotatable bonds is 5. The Morgan fingerprint density at radius 2 is 1.95 bits per heavy atom. The topological polar surface area (TPSA) is 44.2 Å². The molecule has 2 aromatic rings. The predicted octanol–water partition coefficient (Wildman–Crippen LogP) is 3.98. The van der Waals surface area contributed by atoms with Crippen molar-refractivity contribution in [1.29, 1.82) is 0 Å². The van der Waals surface area contributed by atoms with E-state index < -0.39 is 0 Å². The molecule has 0 unspecified atom stereocenters. The maximum atomic E-state index is 6.10. The van der Waals surface area contributed by atoms with Gasteiger partial charge < -0.3 is 9.47 Å². The van der Waals surface area contributed by atoms with Gasteiger partial charge in [0.05, 0.1) is 25.1 Å². The molecule has 1 aliphatic rings. The highest BCUT2D eigenvalue weighted by Crippen LogP contribution is 2.32. The molecular formula is C18H20N2O2. The lowest BCUT2D eigenvalue weighted by molar-refractivity contribution is 0.201. The Labute approximate surface area is 130 Å². The average molecular weight is 296 g/mol. The maximum absolute atomic E-state index is 6.10. The second-order valence-electron chi connectivity index (χ2n) is 5.40. The van der Waals surface area contributed by atoms with Crippen LogP contribution in [0.4, 0.5) is 0 Å². The third-order valence-electron chi connectivity index (χ3n) is 3.81. The molecule has 1 heterocycles. The van der Waals surface area contributed by atoms with Gasteiger partial charge in [0.25, 0.3) is 0 Å². The number of aromatic nitrogens is 2. The minimum absolute atomic E-state index is 0.313. The Kier molecular flexibility index (Phi) is 4.68. The highest BCUT2D eigenvalue weighted by Gasteiger charge is 2.18. The van der Waals surface area contributed by atoms with Crippen molar-refractivity contribution < 1.29 is 9.47 Å². The molecule has 4 heteroatoms. The molecule has 0 N–H and O–H groups in total. The van der Waals surface area contributed by atoms with Crippen LogP contribution in [0.1, 0.15) is 36.9 Å². The summed E-state index contributed by atoms with van der Waals surface area (Å²) in [6, 6.07) is 5.97. The standard InChI is InChI=1S/C18H20N2O2/c1-21-17-9-7-14(6-8-15-13-19-10-11-20-15)12-18(17)22-16-4-2-3-5-16/h6-13,16H,2-5H2,1H3/b8-6+. The Hall–Kier alpha value is -2.36. The van der Waals surface area contributed by atoms with Crippen molar-refractivity contribution in [2.24, 2.45) is 0 Å². The normalized spacial score (nSPS) is 15.3. The van der Waals surface area contributed by atoms with Crippen molar-refractivity contribution in [2.75, 3.05) is 7.11 Å². The van der Waals surface area contributed by atoms with Crippen LogP contribution in [0, 0.1) is 0 Å². The third kappa shape index (κ3) is 3.64. The van der Waals surface area contributed by atoms with Gasteiger partial charge in [0.2, 0.25) is 0 Å². The molecule has 0 atom stereocenters. The zero-order chi connectivity index (χ0) is 15.2. The number of nitrogens with zero attached hydrogens (tertiary/aromatic N) is 2. The molecule has 0 aliphatic heterocycles. The van der Waals surface area contributed by atoms with E-state index in [9.17, 15) is 0 Å². The molecule has 22 heavy (non-hydrogen) atoms. The summed E-state index contributed by atoms with van der Waals surface area (Å²) in [6.07, 6.45) is 14.1. The molecule has 0 saturated heterocycles. The van der Waals surface area contributed by atoms with Crippen LogP contribution in [0.25, 0.3) is 12.2 Å². The van der Waals surface area contributed by atoms with Crippen molar-refractivity contribution in [3.63, 3.8) is 0 Å². The second kappa shape index (κ2) is 7.07. The molecule has 114 valence electrons. The zero-order valence-electron chi connectivity index (χ0n) is 12.7. The maximum Gasteiger partial charge on any atom is 0.162 e. The molecular weight excluding hydrogens is 276 g/mol. The van der Waals surface area contributed by atoms with Gasteiger partial charge in [-0.2, -0.15) is 0 Å². The summed E-state index contributed by atoms with van der Waals surface area (Å²) in [6.45, 7) is 0. The molecule has 1 fully saturated rings. The first-order valence-corrected chi connectivity index (χ1v) is 7.64. The fourth-order valence-corrected chi connectivity index (χ4v) is 2.65. The number of ether oxygens (including phenoxy) is 2. The zero-order valence-corrected chi connectivity index (χ0v) is 12.7. The van der Waals surface area contributed by atoms with E-state index in [0.717, 1.165) is 35.6 Å². The summed E-state index contributed by atoms with van der Waals surface area (Å²) in [5.41, 5.74) is 1.89. The molecule has 1 aromatic carbocycles. The van der Waals surface area contributed by atoms with Crippen LogP contribution in [0.2, 0.25) is 0 Å². The Bertz CT molecular complexity index is 635. The summed E-state index contributed by atoms with van der Waals surface area (Å²) < 4.78 is 11.5. The molecule has 0 radical (unpaired) electrons. The van der Waals surface area contributed by atoms with E-state index in [1.807, 2.05) is 30.4 Å². The molecule has 0 spiro atoms. The van der Waals surface area contributed by atoms with Gasteiger partial charge in [-0.05, 0) is 49.5 Å². The fourth-order valence-electron chi connectivity index (χ4n) is 2.65. The Balaban J connectivity index is 1.78. The van der Waals surface area contributed by atoms with Crippen molar-refractivity contribution in [3.05, 3.63) is 48.0 Å². The first-order valence-electron chi connectivity index (χ1n) is 7.64. The summed E-state index contributed by atoms with van der Waals surface area (Å²) in [4.78, 5) is 8.28. The predicted molar refractivity (Wildman–Crippen MR) is 86.8 cm³/mol. The van der Waals surface area contributed by atoms with Gasteiger partial charge in [0.1, 0.15) is 0 Å². The number of benzene rings is 1. The molecule has 4 nitrogen and oxygen atoms in total. The van der Waals surface area contributed by atoms with E-state index in [-0.39, 0.29) is 0 Å². The number of hydrogen-bond acceptors (Lipinski definition) is 4. The summed E-state index contributed by atoms with van der Waals surface area (Å²) in [5, 5.41) is 0. The lowest BCUT2D eigenvalue weighted by Crippen LogP contribution is -2.11. The second-order valence-corrected chi connectivity index (χ2v) is 5.40. The van der Waals surface area contributed by atoms with Gasteiger partial charge in [0, 0.05) is 12.4 Å². The average Bonchev–Trinajstić information content (AvgIpc) is 3.07. The first kappa shape index (κ1) is 14.6. The van der Waals surface area contributed by atoms with Crippen LogP contribution >= 0.6 is 0 Å². The number of hydrogen-bond donors (Lipinski definition) is 0. The van der Waals surface area contributed by atoms with Crippen LogP contribution in [0.15, 0.2) is 36.8 Å². The van der Waals surface area contributed by atoms with Crippen LogP contribution in [-0.2, 0) is 0 Å². The van der Waals surface area contributed by atoms with Crippen LogP contribution < -0.4 is 9.47 Å². The van der Waals surface area contributed by atoms with E-state index in [0.29, 0.717) is 6.10 Å². The van der Waals surface area contributed by atoms with E-state index >= 15 is 0 Å². The summed E-state index contributed by atoms with van der Waals surface area (Å²) in [7, 11) is 1.67. The number of methoxy groups -OCH3 is 1. The molecule has 1 aromatic heterocycles. The first-order chi connectivity index (χ1) is 10.8. The van der Waals surface area contributed by atoms with E-state index in [1.54, 1.807) is 25.7 Å². The quantitative estimate of drug-likeness (QED) is 0.837. The van der Waals surface area contributed by atoms with E-state index in [2.05, 4.69) is 9.97 Å². The smallest absolute Gasteiger partial charge is 0.162 e. The third-order valence-corrected chi connectivity index (χ3v) is 3.81. The van der Waals surface area contributed by atoms with E-state index in [1.165, 1.54) is 12.8 Å². The van der Waals surface area contributed by atoms with Crippen molar-refractivity contribution in [1.82, 2.24) is 9.97 Å². The fraction of sp³-hybridized carbons (Fsp3) is 0.333. The minimum atomic E-state index is 0.313. The Morgan fingerprint density at radius 1 is 1.09 bits per heavy atom. The monoisotopic (exact) mass is 296 g/mol. The van der Waals surface area contributed by atoms with Gasteiger partial charge in [0.15, 0.2) is 11.5 Å². The van der Waals surface area contributed by atoms with Crippen LogP contribution in [0.3, 0.4) is 0 Å². The molecule has 0 amide bonds. The summed E-state index contributed by atoms with van der Waals surface area (Å²) >= 11 is 0. The van der Waals surface area contributed by atoms with Crippen LogP contribution in [0.5, 0.6) is 11.5 Å². The Morgan fingerprint density at radius 3 is 2.68 bits per heavy atom. The van der Waals surface area contributed by atoms with Gasteiger partial charge >= 0.3 is 0 Å². The van der Waals surface area contributed by atoms with Crippen molar-refractivity contribution >= 4 is 12.2 Å². The lowest BCUT2D eigenvalue weighted by atomic mass is 10.1. The van der Waals surface area contributed by atoms with Gasteiger partial charge in [-0.25, -0.2) is 0 Å². The SMILES string of the molecule is COc1ccc(/C=C/c2cnccn2)cc1OC1CCCC1. The molecule has 1 saturated carbocycles. The molecule has 1 aliphatic carbocycles. The van der Waals surface area contributed by atoms with Crippen LogP contribution in [-0.4, -0.2) is 23.2 Å². The largest absolute Gasteiger partial charge is 0.493 e. The minimum Gasteiger partial charge on any atom is -0.493 e. The van der Waals surface area contributed by atoms with Crippen molar-refractivity contribution in [2.45, 2.75) is 31.8 Å². The highest BCUT2D eigenvalue weighted by molar-refractivity contribution is 5.69. The van der Waals surface area contributed by atoms with E-state index in [4.69, 9.17) is 9.47 Å². The molecule has 3 rings (SSSR count). The van der Waals surface area contributed by atoms with Gasteiger partial charge in [-0.1, -0.05) is 12.1 Å². The van der Waals surface area contributed by atoms with Crippen molar-refractivity contribution in [3.8, 4) is 11.5 Å². The highest BCUT2D eigenvalue weighted by atomic mass is 16.5. The van der Waals surface area contributed by atoms with Gasteiger partial charge in [-0.3, -0.25) is 9.97 Å². The van der Waals surface area contributed by atoms with Gasteiger partial charge in [-0.15, -0.1) is 0 Å². The lowest BCUT2D eigenvalue weighted by Gasteiger charge is -2.16. The molecule has 0 bridgehead atoms. The summed E-state index contributed by atoms with van der Waals surface area (Å²) in [5.74, 6) is 1.60.